The molecule has 0 atom stereocenters. The van der Waals surface area contributed by atoms with Gasteiger partial charge in [0, 0.05) is 23.2 Å². The molecular weight excluding hydrogens is 231 g/mol. The van der Waals surface area contributed by atoms with Crippen molar-refractivity contribution in [2.24, 2.45) is 0 Å². The first-order valence-electron chi connectivity index (χ1n) is 4.59. The van der Waals surface area contributed by atoms with Crippen molar-refractivity contribution in [3.05, 3.63) is 40.0 Å². The summed E-state index contributed by atoms with van der Waals surface area (Å²) in [7, 11) is 1.90. The number of halogens is 2. The van der Waals surface area contributed by atoms with Crippen molar-refractivity contribution in [1.82, 2.24) is 10.3 Å². The van der Waals surface area contributed by atoms with Gasteiger partial charge < -0.3 is 5.32 Å². The zero-order valence-corrected chi connectivity index (χ0v) is 9.73. The molecular formula is C11H10Cl2N2. The van der Waals surface area contributed by atoms with Crippen LogP contribution in [-0.4, -0.2) is 12.0 Å². The molecule has 0 saturated carbocycles. The van der Waals surface area contributed by atoms with E-state index in [9.17, 15) is 0 Å². The number of aromatic nitrogens is 1. The number of benzene rings is 1. The minimum absolute atomic E-state index is 0.591. The van der Waals surface area contributed by atoms with Gasteiger partial charge in [-0.05, 0) is 30.8 Å². The van der Waals surface area contributed by atoms with Crippen molar-refractivity contribution >= 4 is 34.1 Å². The maximum Gasteiger partial charge on any atom is 0.0889 e. The van der Waals surface area contributed by atoms with E-state index < -0.39 is 0 Å². The van der Waals surface area contributed by atoms with Gasteiger partial charge in [0.15, 0.2) is 0 Å². The molecule has 1 aromatic carbocycles. The highest BCUT2D eigenvalue weighted by atomic mass is 35.5. The summed E-state index contributed by atoms with van der Waals surface area (Å²) < 4.78 is 0. The predicted octanol–water partition coefficient (Wildman–Crippen LogP) is 3.26. The number of hydrogen-bond acceptors (Lipinski definition) is 2. The normalized spacial score (nSPS) is 10.9. The minimum atomic E-state index is 0.591. The fourth-order valence-corrected chi connectivity index (χ4v) is 2.08. The molecule has 1 heterocycles. The highest BCUT2D eigenvalue weighted by Crippen LogP contribution is 2.26. The van der Waals surface area contributed by atoms with E-state index in [0.29, 0.717) is 10.0 Å². The summed E-state index contributed by atoms with van der Waals surface area (Å²) >= 11 is 12.0. The van der Waals surface area contributed by atoms with Crippen molar-refractivity contribution in [3.8, 4) is 0 Å². The number of rotatable bonds is 2. The third-order valence-electron chi connectivity index (χ3n) is 2.14. The summed E-state index contributed by atoms with van der Waals surface area (Å²) in [5.41, 5.74) is 1.91. The van der Waals surface area contributed by atoms with Crippen LogP contribution in [0.5, 0.6) is 0 Å². The Morgan fingerprint density at radius 3 is 2.80 bits per heavy atom. The number of hydrogen-bond donors (Lipinski definition) is 1. The van der Waals surface area contributed by atoms with Gasteiger partial charge in [-0.15, -0.1) is 0 Å². The second-order valence-electron chi connectivity index (χ2n) is 3.33. The molecule has 0 aliphatic heterocycles. The summed E-state index contributed by atoms with van der Waals surface area (Å²) in [5.74, 6) is 0. The molecule has 2 rings (SSSR count). The Bertz CT molecular complexity index is 497. The van der Waals surface area contributed by atoms with Crippen LogP contribution in [0.3, 0.4) is 0 Å². The first kappa shape index (κ1) is 10.7. The fourth-order valence-electron chi connectivity index (χ4n) is 1.52. The number of nitrogens with one attached hydrogen (secondary N) is 1. The number of nitrogens with zero attached hydrogens (tertiary/aromatic N) is 1. The van der Waals surface area contributed by atoms with E-state index in [4.69, 9.17) is 23.2 Å². The van der Waals surface area contributed by atoms with Crippen molar-refractivity contribution in [3.63, 3.8) is 0 Å². The molecule has 0 aliphatic rings. The smallest absolute Gasteiger partial charge is 0.0889 e. The molecule has 2 nitrogen and oxygen atoms in total. The lowest BCUT2D eigenvalue weighted by Gasteiger charge is -2.04. The average Bonchev–Trinajstić information content (AvgIpc) is 2.17. The van der Waals surface area contributed by atoms with Crippen LogP contribution in [0, 0.1) is 0 Å². The molecule has 0 fully saturated rings. The lowest BCUT2D eigenvalue weighted by molar-refractivity contribution is 0.815. The number of fused-ring (bicyclic) bond motifs is 1. The van der Waals surface area contributed by atoms with E-state index in [1.54, 1.807) is 6.07 Å². The van der Waals surface area contributed by atoms with E-state index >= 15 is 0 Å². The second-order valence-corrected chi connectivity index (χ2v) is 4.18. The van der Waals surface area contributed by atoms with E-state index in [1.165, 1.54) is 0 Å². The molecule has 1 N–H and O–H groups in total. The molecule has 4 heteroatoms. The van der Waals surface area contributed by atoms with E-state index in [0.717, 1.165) is 23.0 Å². The van der Waals surface area contributed by atoms with Crippen LogP contribution in [-0.2, 0) is 6.54 Å². The van der Waals surface area contributed by atoms with Crippen molar-refractivity contribution < 1.29 is 0 Å². The van der Waals surface area contributed by atoms with Crippen LogP contribution in [0.4, 0.5) is 0 Å². The van der Waals surface area contributed by atoms with E-state index in [2.05, 4.69) is 10.3 Å². The third-order valence-corrected chi connectivity index (χ3v) is 2.65. The Balaban J connectivity index is 2.60. The minimum Gasteiger partial charge on any atom is -0.316 e. The number of pyridine rings is 1. The fraction of sp³-hybridized carbons (Fsp3) is 0.182. The zero-order valence-electron chi connectivity index (χ0n) is 8.22. The second kappa shape index (κ2) is 4.35. The van der Waals surface area contributed by atoms with Gasteiger partial charge in [-0.25, -0.2) is 0 Å². The Kier molecular flexibility index (Phi) is 3.10. The van der Waals surface area contributed by atoms with E-state index in [1.807, 2.05) is 25.4 Å². The summed E-state index contributed by atoms with van der Waals surface area (Å²) in [6, 6.07) is 5.61. The van der Waals surface area contributed by atoms with Crippen LogP contribution < -0.4 is 5.32 Å². The molecule has 2 aromatic rings. The maximum atomic E-state index is 6.03. The van der Waals surface area contributed by atoms with Gasteiger partial charge in [0.05, 0.1) is 10.5 Å². The molecule has 1 aromatic heterocycles. The standard InChI is InChI=1S/C11H10Cl2N2/c1-14-5-7-2-8-3-9(12)4-10(13)11(8)15-6-7/h2-4,6,14H,5H2,1H3. The van der Waals surface area contributed by atoms with Gasteiger partial charge >= 0.3 is 0 Å². The van der Waals surface area contributed by atoms with Crippen LogP contribution in [0.15, 0.2) is 24.4 Å². The van der Waals surface area contributed by atoms with Gasteiger partial charge in [0.25, 0.3) is 0 Å². The largest absolute Gasteiger partial charge is 0.316 e. The van der Waals surface area contributed by atoms with E-state index in [-0.39, 0.29) is 0 Å². The maximum absolute atomic E-state index is 6.03. The molecule has 0 aliphatic carbocycles. The SMILES string of the molecule is CNCc1cnc2c(Cl)cc(Cl)cc2c1. The molecule has 0 bridgehead atoms. The predicted molar refractivity (Wildman–Crippen MR) is 64.5 cm³/mol. The Morgan fingerprint density at radius 2 is 2.07 bits per heavy atom. The van der Waals surface area contributed by atoms with Crippen LogP contribution in [0.1, 0.15) is 5.56 Å². The summed E-state index contributed by atoms with van der Waals surface area (Å²) in [6.07, 6.45) is 1.82. The van der Waals surface area contributed by atoms with Gasteiger partial charge in [-0.2, -0.15) is 0 Å². The monoisotopic (exact) mass is 240 g/mol. The molecule has 0 amide bonds. The van der Waals surface area contributed by atoms with Crippen molar-refractivity contribution in [2.75, 3.05) is 7.05 Å². The molecule has 0 radical (unpaired) electrons. The summed E-state index contributed by atoms with van der Waals surface area (Å²) in [5, 5.41) is 5.27. The highest BCUT2D eigenvalue weighted by Gasteiger charge is 2.03. The van der Waals surface area contributed by atoms with Crippen molar-refractivity contribution in [1.29, 1.82) is 0 Å². The lowest BCUT2D eigenvalue weighted by atomic mass is 10.1. The van der Waals surface area contributed by atoms with Gasteiger partial charge in [-0.3, -0.25) is 4.98 Å². The van der Waals surface area contributed by atoms with Crippen LogP contribution in [0.25, 0.3) is 10.9 Å². The summed E-state index contributed by atoms with van der Waals surface area (Å²) in [6.45, 7) is 0.785. The Morgan fingerprint density at radius 1 is 1.27 bits per heavy atom. The average molecular weight is 241 g/mol. The lowest BCUT2D eigenvalue weighted by Crippen LogP contribution is -2.05. The third kappa shape index (κ3) is 2.23. The molecule has 15 heavy (non-hydrogen) atoms. The molecule has 78 valence electrons. The Hall–Kier alpha value is -0.830. The quantitative estimate of drug-likeness (QED) is 0.872. The zero-order chi connectivity index (χ0) is 10.8. The highest BCUT2D eigenvalue weighted by molar-refractivity contribution is 6.38. The molecule has 0 saturated heterocycles. The first-order valence-corrected chi connectivity index (χ1v) is 5.34. The summed E-state index contributed by atoms with van der Waals surface area (Å²) in [4.78, 5) is 4.31. The van der Waals surface area contributed by atoms with Gasteiger partial charge in [-0.1, -0.05) is 23.2 Å². The Labute approximate surface area is 98.2 Å². The topological polar surface area (TPSA) is 24.9 Å². The molecule has 0 unspecified atom stereocenters. The first-order chi connectivity index (χ1) is 7.20. The van der Waals surface area contributed by atoms with Gasteiger partial charge in [0.2, 0.25) is 0 Å². The van der Waals surface area contributed by atoms with Crippen molar-refractivity contribution in [2.45, 2.75) is 6.54 Å². The molecule has 0 spiro atoms. The van der Waals surface area contributed by atoms with Crippen LogP contribution >= 0.6 is 23.2 Å². The van der Waals surface area contributed by atoms with Crippen LogP contribution in [0.2, 0.25) is 10.0 Å². The van der Waals surface area contributed by atoms with Gasteiger partial charge in [0.1, 0.15) is 0 Å².